The van der Waals surface area contributed by atoms with Crippen LogP contribution >= 0.6 is 39.1 Å². The molecule has 19 heavy (non-hydrogen) atoms. The normalized spacial score (nSPS) is 10.4. The third-order valence-corrected chi connectivity index (χ3v) is 3.93. The second kappa shape index (κ2) is 5.99. The molecule has 0 bridgehead atoms. The highest BCUT2D eigenvalue weighted by atomic mass is 79.9. The number of pyridine rings is 1. The predicted molar refractivity (Wildman–Crippen MR) is 82.8 cm³/mol. The molecule has 0 atom stereocenters. The van der Waals surface area contributed by atoms with Gasteiger partial charge in [-0.3, -0.25) is 0 Å². The molecule has 0 radical (unpaired) electrons. The van der Waals surface area contributed by atoms with Crippen molar-refractivity contribution in [1.82, 2.24) is 4.98 Å². The van der Waals surface area contributed by atoms with Gasteiger partial charge in [-0.15, -0.1) is 0 Å². The molecule has 6 heteroatoms. The molecule has 100 valence electrons. The molecule has 0 unspecified atom stereocenters. The van der Waals surface area contributed by atoms with Crippen molar-refractivity contribution in [3.8, 4) is 11.6 Å². The number of rotatable bonds is 3. The largest absolute Gasteiger partial charge is 0.437 e. The van der Waals surface area contributed by atoms with Gasteiger partial charge in [0, 0.05) is 11.5 Å². The zero-order valence-electron chi connectivity index (χ0n) is 10.3. The molecule has 0 saturated heterocycles. The van der Waals surface area contributed by atoms with Gasteiger partial charge in [-0.25, -0.2) is 0 Å². The van der Waals surface area contributed by atoms with E-state index >= 15 is 0 Å². The maximum absolute atomic E-state index is 6.07. The van der Waals surface area contributed by atoms with Crippen molar-refractivity contribution in [1.29, 1.82) is 0 Å². The summed E-state index contributed by atoms with van der Waals surface area (Å²) in [5.74, 6) is 1.51. The minimum absolute atomic E-state index is 0.317. The number of aryl methyl sites for hydroxylation is 1. The maximum Gasteiger partial charge on any atom is 0.240 e. The van der Waals surface area contributed by atoms with E-state index in [-0.39, 0.29) is 0 Å². The quantitative estimate of drug-likeness (QED) is 0.806. The van der Waals surface area contributed by atoms with Crippen LogP contribution < -0.4 is 10.1 Å². The fourth-order valence-electron chi connectivity index (χ4n) is 1.49. The molecular weight excluding hydrogens is 351 g/mol. The van der Waals surface area contributed by atoms with E-state index in [1.165, 1.54) is 0 Å². The van der Waals surface area contributed by atoms with Gasteiger partial charge in [-0.2, -0.15) is 4.98 Å². The highest BCUT2D eigenvalue weighted by Crippen LogP contribution is 2.34. The van der Waals surface area contributed by atoms with Crippen LogP contribution in [0.1, 0.15) is 5.56 Å². The number of hydrogen-bond acceptors (Lipinski definition) is 3. The Morgan fingerprint density at radius 1 is 1.21 bits per heavy atom. The summed E-state index contributed by atoms with van der Waals surface area (Å²) in [5.41, 5.74) is 1.07. The van der Waals surface area contributed by atoms with Crippen LogP contribution in [0.25, 0.3) is 0 Å². The Morgan fingerprint density at radius 2 is 1.95 bits per heavy atom. The number of hydrogen-bond donors (Lipinski definition) is 1. The number of ether oxygens (including phenoxy) is 1. The summed E-state index contributed by atoms with van der Waals surface area (Å²) < 4.78 is 6.70. The van der Waals surface area contributed by atoms with Gasteiger partial charge >= 0.3 is 0 Å². The fraction of sp³-hybridized carbons (Fsp3) is 0.154. The van der Waals surface area contributed by atoms with Crippen LogP contribution in [0.4, 0.5) is 5.82 Å². The molecule has 1 heterocycles. The number of nitrogens with zero attached hydrogens (tertiary/aromatic N) is 1. The lowest BCUT2D eigenvalue weighted by Gasteiger charge is -2.10. The summed E-state index contributed by atoms with van der Waals surface area (Å²) in [4.78, 5) is 4.23. The highest BCUT2D eigenvalue weighted by molar-refractivity contribution is 9.10. The van der Waals surface area contributed by atoms with Crippen LogP contribution in [-0.2, 0) is 0 Å². The lowest BCUT2D eigenvalue weighted by atomic mass is 10.2. The van der Waals surface area contributed by atoms with Crippen molar-refractivity contribution in [3.63, 3.8) is 0 Å². The third-order valence-electron chi connectivity index (χ3n) is 2.48. The van der Waals surface area contributed by atoms with Gasteiger partial charge in [0.2, 0.25) is 5.88 Å². The molecule has 0 amide bonds. The first-order chi connectivity index (χ1) is 9.01. The van der Waals surface area contributed by atoms with E-state index in [0.29, 0.717) is 27.5 Å². The number of anilines is 1. The van der Waals surface area contributed by atoms with E-state index in [4.69, 9.17) is 27.9 Å². The van der Waals surface area contributed by atoms with Crippen molar-refractivity contribution < 1.29 is 4.74 Å². The maximum atomic E-state index is 6.07. The summed E-state index contributed by atoms with van der Waals surface area (Å²) in [6.07, 6.45) is 0. The van der Waals surface area contributed by atoms with Crippen LogP contribution in [0.15, 0.2) is 28.7 Å². The molecule has 2 rings (SSSR count). The molecule has 0 fully saturated rings. The Bertz CT molecular complexity index is 620. The Morgan fingerprint density at radius 3 is 2.58 bits per heavy atom. The van der Waals surface area contributed by atoms with Crippen LogP contribution in [0.2, 0.25) is 10.0 Å². The fourth-order valence-corrected chi connectivity index (χ4v) is 2.23. The monoisotopic (exact) mass is 360 g/mol. The second-order valence-electron chi connectivity index (χ2n) is 3.87. The van der Waals surface area contributed by atoms with Crippen molar-refractivity contribution in [2.45, 2.75) is 6.92 Å². The summed E-state index contributed by atoms with van der Waals surface area (Å²) >= 11 is 15.5. The first kappa shape index (κ1) is 14.4. The Labute approximate surface area is 130 Å². The summed E-state index contributed by atoms with van der Waals surface area (Å²) in [6.45, 7) is 1.98. The van der Waals surface area contributed by atoms with E-state index in [0.717, 1.165) is 10.0 Å². The minimum Gasteiger partial charge on any atom is -0.437 e. The molecule has 0 aliphatic heterocycles. The van der Waals surface area contributed by atoms with Crippen molar-refractivity contribution >= 4 is 44.9 Å². The van der Waals surface area contributed by atoms with Crippen molar-refractivity contribution in [2.24, 2.45) is 0 Å². The molecule has 0 aliphatic carbocycles. The van der Waals surface area contributed by atoms with Crippen LogP contribution in [0.3, 0.4) is 0 Å². The zero-order chi connectivity index (χ0) is 14.0. The Kier molecular flexibility index (Phi) is 4.55. The molecule has 0 saturated carbocycles. The van der Waals surface area contributed by atoms with Gasteiger partial charge in [-0.1, -0.05) is 39.1 Å². The van der Waals surface area contributed by atoms with Gasteiger partial charge in [0.15, 0.2) is 0 Å². The first-order valence-corrected chi connectivity index (χ1v) is 7.04. The van der Waals surface area contributed by atoms with E-state index in [2.05, 4.69) is 26.2 Å². The lowest BCUT2D eigenvalue weighted by molar-refractivity contribution is 0.463. The van der Waals surface area contributed by atoms with Crippen LogP contribution in [0.5, 0.6) is 11.6 Å². The summed E-state index contributed by atoms with van der Waals surface area (Å²) in [6, 6.07) is 7.24. The SMILES string of the molecule is CNc1nc(Oc2ccc(Br)c(C)c2)c(Cl)cc1Cl. The number of halogens is 3. The Balaban J connectivity index is 2.34. The van der Waals surface area contributed by atoms with E-state index in [9.17, 15) is 0 Å². The molecule has 2 aromatic rings. The molecule has 3 nitrogen and oxygen atoms in total. The molecule has 1 aromatic heterocycles. The van der Waals surface area contributed by atoms with Gasteiger partial charge in [0.05, 0.1) is 5.02 Å². The average molecular weight is 362 g/mol. The smallest absolute Gasteiger partial charge is 0.240 e. The zero-order valence-corrected chi connectivity index (χ0v) is 13.4. The second-order valence-corrected chi connectivity index (χ2v) is 5.54. The molecule has 0 aliphatic rings. The molecule has 1 N–H and O–H groups in total. The molecular formula is C13H11BrCl2N2O. The number of benzene rings is 1. The topological polar surface area (TPSA) is 34.2 Å². The average Bonchev–Trinajstić information content (AvgIpc) is 2.37. The Hall–Kier alpha value is -0.970. The third kappa shape index (κ3) is 3.32. The number of nitrogens with one attached hydrogen (secondary N) is 1. The number of aromatic nitrogens is 1. The lowest BCUT2D eigenvalue weighted by Crippen LogP contribution is -1.97. The van der Waals surface area contributed by atoms with E-state index in [1.807, 2.05) is 25.1 Å². The minimum atomic E-state index is 0.317. The first-order valence-electron chi connectivity index (χ1n) is 5.49. The molecule has 0 spiro atoms. The van der Waals surface area contributed by atoms with Gasteiger partial charge in [-0.05, 0) is 36.8 Å². The predicted octanol–water partition coefficient (Wildman–Crippen LogP) is 5.29. The summed E-state index contributed by atoms with van der Waals surface area (Å²) in [7, 11) is 1.73. The van der Waals surface area contributed by atoms with E-state index in [1.54, 1.807) is 13.1 Å². The van der Waals surface area contributed by atoms with Gasteiger partial charge < -0.3 is 10.1 Å². The van der Waals surface area contributed by atoms with Gasteiger partial charge in [0.25, 0.3) is 0 Å². The van der Waals surface area contributed by atoms with E-state index < -0.39 is 0 Å². The summed E-state index contributed by atoms with van der Waals surface area (Å²) in [5, 5.41) is 3.70. The van der Waals surface area contributed by atoms with Crippen LogP contribution in [0, 0.1) is 6.92 Å². The highest BCUT2D eigenvalue weighted by Gasteiger charge is 2.11. The van der Waals surface area contributed by atoms with Crippen molar-refractivity contribution in [3.05, 3.63) is 44.3 Å². The van der Waals surface area contributed by atoms with Crippen LogP contribution in [-0.4, -0.2) is 12.0 Å². The standard InChI is InChI=1S/C13H11BrCl2N2O/c1-7-5-8(3-4-9(7)14)19-13-11(16)6-10(15)12(17-2)18-13/h3-6H,1-2H3,(H,17,18). The van der Waals surface area contributed by atoms with Gasteiger partial charge in [0.1, 0.15) is 16.6 Å². The molecule has 1 aromatic carbocycles. The van der Waals surface area contributed by atoms with Crippen molar-refractivity contribution in [2.75, 3.05) is 12.4 Å².